The lowest BCUT2D eigenvalue weighted by Gasteiger charge is -2.11. The van der Waals surface area contributed by atoms with Crippen LogP contribution in [0.15, 0.2) is 18.2 Å². The Balaban J connectivity index is 1.95. The molecular weight excluding hydrogens is 260 g/mol. The Hall–Kier alpha value is -1.95. The van der Waals surface area contributed by atoms with E-state index >= 15 is 0 Å². The van der Waals surface area contributed by atoms with E-state index in [2.05, 4.69) is 5.32 Å². The normalized spacial score (nSPS) is 17.9. The van der Waals surface area contributed by atoms with Crippen LogP contribution in [0.1, 0.15) is 35.2 Å². The van der Waals surface area contributed by atoms with Gasteiger partial charge in [-0.25, -0.2) is 0 Å². The van der Waals surface area contributed by atoms with Crippen LogP contribution in [0.2, 0.25) is 0 Å². The molecule has 6 nitrogen and oxygen atoms in total. The standard InChI is InChI=1S/C14H18N2O4/c1-10-12(5-2-6-13(10)16(18)19)14(17)15-8-7-11-4-3-9-20-11/h2,5-6,11H,3-4,7-9H2,1H3,(H,15,17)/t11-/m0/s1. The number of hydrogen-bond donors (Lipinski definition) is 1. The molecule has 2 rings (SSSR count). The highest BCUT2D eigenvalue weighted by molar-refractivity contribution is 5.96. The molecule has 0 aromatic heterocycles. The second-order valence-electron chi connectivity index (χ2n) is 4.89. The Bertz CT molecular complexity index is 510. The van der Waals surface area contributed by atoms with Crippen LogP contribution in [0, 0.1) is 17.0 Å². The van der Waals surface area contributed by atoms with Crippen molar-refractivity contribution in [3.63, 3.8) is 0 Å². The van der Waals surface area contributed by atoms with Crippen LogP contribution in [0.25, 0.3) is 0 Å². The second kappa shape index (κ2) is 6.47. The first-order valence-corrected chi connectivity index (χ1v) is 6.73. The third-order valence-corrected chi connectivity index (χ3v) is 3.52. The highest BCUT2D eigenvalue weighted by Gasteiger charge is 2.19. The van der Waals surface area contributed by atoms with Crippen LogP contribution >= 0.6 is 0 Å². The highest BCUT2D eigenvalue weighted by Crippen LogP contribution is 2.21. The highest BCUT2D eigenvalue weighted by atomic mass is 16.6. The topological polar surface area (TPSA) is 81.5 Å². The minimum atomic E-state index is -0.474. The summed E-state index contributed by atoms with van der Waals surface area (Å²) in [6.45, 7) is 2.90. The van der Waals surface area contributed by atoms with Gasteiger partial charge in [-0.2, -0.15) is 0 Å². The van der Waals surface area contributed by atoms with Crippen LogP contribution < -0.4 is 5.32 Å². The van der Waals surface area contributed by atoms with Gasteiger partial charge < -0.3 is 10.1 Å². The van der Waals surface area contributed by atoms with E-state index in [1.54, 1.807) is 13.0 Å². The van der Waals surface area contributed by atoms with Gasteiger partial charge in [0, 0.05) is 30.3 Å². The van der Waals surface area contributed by atoms with Gasteiger partial charge in [-0.15, -0.1) is 0 Å². The maximum absolute atomic E-state index is 12.0. The number of nitrogens with zero attached hydrogens (tertiary/aromatic N) is 1. The minimum Gasteiger partial charge on any atom is -0.378 e. The molecule has 108 valence electrons. The summed E-state index contributed by atoms with van der Waals surface area (Å²) in [5, 5.41) is 13.6. The summed E-state index contributed by atoms with van der Waals surface area (Å²) in [5.74, 6) is -0.274. The van der Waals surface area contributed by atoms with Gasteiger partial charge in [-0.3, -0.25) is 14.9 Å². The first kappa shape index (κ1) is 14.5. The van der Waals surface area contributed by atoms with Crippen molar-refractivity contribution in [1.29, 1.82) is 0 Å². The van der Waals surface area contributed by atoms with Gasteiger partial charge in [0.15, 0.2) is 0 Å². The number of carbonyl (C=O) groups excluding carboxylic acids is 1. The van der Waals surface area contributed by atoms with Gasteiger partial charge in [0.1, 0.15) is 0 Å². The lowest BCUT2D eigenvalue weighted by molar-refractivity contribution is -0.385. The van der Waals surface area contributed by atoms with Crippen molar-refractivity contribution in [3.8, 4) is 0 Å². The Labute approximate surface area is 117 Å². The average molecular weight is 278 g/mol. The van der Waals surface area contributed by atoms with E-state index < -0.39 is 4.92 Å². The largest absolute Gasteiger partial charge is 0.378 e. The summed E-state index contributed by atoms with van der Waals surface area (Å²) in [6, 6.07) is 4.53. The van der Waals surface area contributed by atoms with Crippen LogP contribution in [0.4, 0.5) is 5.69 Å². The fourth-order valence-electron chi connectivity index (χ4n) is 2.38. The van der Waals surface area contributed by atoms with E-state index in [4.69, 9.17) is 4.74 Å². The first-order chi connectivity index (χ1) is 9.59. The number of ether oxygens (including phenoxy) is 1. The molecule has 1 saturated heterocycles. The molecule has 1 fully saturated rings. The Morgan fingerprint density at radius 2 is 2.35 bits per heavy atom. The van der Waals surface area contributed by atoms with Gasteiger partial charge in [0.2, 0.25) is 0 Å². The zero-order valence-electron chi connectivity index (χ0n) is 11.4. The van der Waals surface area contributed by atoms with E-state index in [9.17, 15) is 14.9 Å². The van der Waals surface area contributed by atoms with Crippen molar-refractivity contribution in [2.24, 2.45) is 0 Å². The van der Waals surface area contributed by atoms with Crippen molar-refractivity contribution < 1.29 is 14.5 Å². The number of rotatable bonds is 5. The second-order valence-corrected chi connectivity index (χ2v) is 4.89. The molecule has 6 heteroatoms. The van der Waals surface area contributed by atoms with Gasteiger partial charge >= 0.3 is 0 Å². The molecule has 1 heterocycles. The van der Waals surface area contributed by atoms with Gasteiger partial charge in [0.05, 0.1) is 11.0 Å². The summed E-state index contributed by atoms with van der Waals surface area (Å²) in [6.07, 6.45) is 3.11. The maximum Gasteiger partial charge on any atom is 0.273 e. The molecule has 1 amide bonds. The van der Waals surface area contributed by atoms with Crippen molar-refractivity contribution in [2.75, 3.05) is 13.2 Å². The number of amides is 1. The molecular formula is C14H18N2O4. The van der Waals surface area contributed by atoms with E-state index in [0.29, 0.717) is 17.7 Å². The monoisotopic (exact) mass is 278 g/mol. The fraction of sp³-hybridized carbons (Fsp3) is 0.500. The third kappa shape index (κ3) is 3.33. The Kier molecular flexibility index (Phi) is 4.68. The molecule has 0 saturated carbocycles. The SMILES string of the molecule is Cc1c(C(=O)NCC[C@@H]2CCCO2)cccc1[N+](=O)[O-]. The third-order valence-electron chi connectivity index (χ3n) is 3.52. The molecule has 1 aromatic rings. The summed E-state index contributed by atoms with van der Waals surface area (Å²) >= 11 is 0. The van der Waals surface area contributed by atoms with Crippen LogP contribution in [-0.4, -0.2) is 30.1 Å². The zero-order valence-corrected chi connectivity index (χ0v) is 11.4. The molecule has 0 unspecified atom stereocenters. The molecule has 1 aliphatic heterocycles. The predicted molar refractivity (Wildman–Crippen MR) is 73.8 cm³/mol. The molecule has 1 atom stereocenters. The van der Waals surface area contributed by atoms with E-state index in [0.717, 1.165) is 25.9 Å². The smallest absolute Gasteiger partial charge is 0.273 e. The van der Waals surface area contributed by atoms with Gasteiger partial charge in [-0.05, 0) is 32.3 Å². The molecule has 1 aliphatic rings. The summed E-state index contributed by atoms with van der Waals surface area (Å²) in [7, 11) is 0. The Morgan fingerprint density at radius 1 is 1.55 bits per heavy atom. The van der Waals surface area contributed by atoms with Crippen LogP contribution in [-0.2, 0) is 4.74 Å². The number of hydrogen-bond acceptors (Lipinski definition) is 4. The first-order valence-electron chi connectivity index (χ1n) is 6.73. The lowest BCUT2D eigenvalue weighted by Crippen LogP contribution is -2.27. The number of nitro groups is 1. The molecule has 0 bridgehead atoms. The number of nitro benzene ring substituents is 1. The van der Waals surface area contributed by atoms with Crippen molar-refractivity contribution in [1.82, 2.24) is 5.32 Å². The average Bonchev–Trinajstić information content (AvgIpc) is 2.91. The molecule has 1 N–H and O–H groups in total. The number of nitrogens with one attached hydrogen (secondary N) is 1. The minimum absolute atomic E-state index is 0.0308. The van der Waals surface area contributed by atoms with Crippen molar-refractivity contribution in [2.45, 2.75) is 32.3 Å². The fourth-order valence-corrected chi connectivity index (χ4v) is 2.38. The van der Waals surface area contributed by atoms with E-state index in [-0.39, 0.29) is 17.7 Å². The number of carbonyl (C=O) groups is 1. The van der Waals surface area contributed by atoms with Crippen molar-refractivity contribution >= 4 is 11.6 Å². The summed E-state index contributed by atoms with van der Waals surface area (Å²) < 4.78 is 5.47. The molecule has 0 aliphatic carbocycles. The van der Waals surface area contributed by atoms with Gasteiger partial charge in [-0.1, -0.05) is 6.07 Å². The molecule has 1 aromatic carbocycles. The van der Waals surface area contributed by atoms with Gasteiger partial charge in [0.25, 0.3) is 11.6 Å². The maximum atomic E-state index is 12.0. The molecule has 0 spiro atoms. The summed E-state index contributed by atoms with van der Waals surface area (Å²) in [4.78, 5) is 22.4. The van der Waals surface area contributed by atoms with Crippen molar-refractivity contribution in [3.05, 3.63) is 39.4 Å². The van der Waals surface area contributed by atoms with Crippen LogP contribution in [0.3, 0.4) is 0 Å². The van der Waals surface area contributed by atoms with E-state index in [1.807, 2.05) is 0 Å². The van der Waals surface area contributed by atoms with E-state index in [1.165, 1.54) is 12.1 Å². The summed E-state index contributed by atoms with van der Waals surface area (Å²) in [5.41, 5.74) is 0.718. The molecule has 20 heavy (non-hydrogen) atoms. The molecule has 0 radical (unpaired) electrons. The predicted octanol–water partition coefficient (Wildman–Crippen LogP) is 2.20. The Morgan fingerprint density at radius 3 is 3.00 bits per heavy atom. The lowest BCUT2D eigenvalue weighted by atomic mass is 10.1. The quantitative estimate of drug-likeness (QED) is 0.661. The van der Waals surface area contributed by atoms with Crippen LogP contribution in [0.5, 0.6) is 0 Å². The number of benzene rings is 1. The zero-order chi connectivity index (χ0) is 14.5.